The van der Waals surface area contributed by atoms with Gasteiger partial charge in [0.15, 0.2) is 11.6 Å². The van der Waals surface area contributed by atoms with Crippen molar-refractivity contribution in [1.82, 2.24) is 4.98 Å². The number of aromatic nitrogens is 1. The molecule has 0 saturated carbocycles. The second-order valence-corrected chi connectivity index (χ2v) is 7.22. The molecular formula is C16H18N2O4S. The average molecular weight is 334 g/mol. The fourth-order valence-corrected chi connectivity index (χ4v) is 3.57. The Balaban J connectivity index is 1.73. The van der Waals surface area contributed by atoms with E-state index in [1.54, 1.807) is 12.1 Å². The van der Waals surface area contributed by atoms with Crippen LogP contribution in [0.5, 0.6) is 5.75 Å². The molecule has 23 heavy (non-hydrogen) atoms. The van der Waals surface area contributed by atoms with Crippen LogP contribution < -0.4 is 9.46 Å². The van der Waals surface area contributed by atoms with Gasteiger partial charge in [-0.3, -0.25) is 4.72 Å². The third-order valence-electron chi connectivity index (χ3n) is 3.57. The largest absolute Gasteiger partial charge is 0.485 e. The van der Waals surface area contributed by atoms with Crippen LogP contribution in [-0.2, 0) is 21.4 Å². The Morgan fingerprint density at radius 2 is 2.04 bits per heavy atom. The van der Waals surface area contributed by atoms with Gasteiger partial charge in [0.2, 0.25) is 10.0 Å². The summed E-state index contributed by atoms with van der Waals surface area (Å²) in [6.07, 6.45) is 2.01. The van der Waals surface area contributed by atoms with Crippen molar-refractivity contribution in [3.63, 3.8) is 0 Å². The molecule has 1 saturated heterocycles. The summed E-state index contributed by atoms with van der Waals surface area (Å²) in [4.78, 5) is 4.09. The molecule has 1 N–H and O–H groups in total. The minimum absolute atomic E-state index is 0.204. The van der Waals surface area contributed by atoms with E-state index < -0.39 is 15.3 Å². The fourth-order valence-electron chi connectivity index (χ4n) is 2.29. The lowest BCUT2D eigenvalue weighted by Gasteiger charge is -2.15. The van der Waals surface area contributed by atoms with E-state index in [0.717, 1.165) is 5.56 Å². The Labute approximate surface area is 135 Å². The van der Waals surface area contributed by atoms with E-state index in [1.807, 2.05) is 30.3 Å². The highest BCUT2D eigenvalue weighted by molar-refractivity contribution is 7.93. The van der Waals surface area contributed by atoms with E-state index >= 15 is 0 Å². The molecule has 2 aromatic rings. The van der Waals surface area contributed by atoms with Crippen molar-refractivity contribution in [2.24, 2.45) is 0 Å². The lowest BCUT2D eigenvalue weighted by molar-refractivity contribution is 0.198. The third kappa shape index (κ3) is 4.00. The summed E-state index contributed by atoms with van der Waals surface area (Å²) in [6, 6.07) is 13.1. The van der Waals surface area contributed by atoms with E-state index in [0.29, 0.717) is 25.4 Å². The number of rotatable bonds is 6. The van der Waals surface area contributed by atoms with Crippen LogP contribution in [0.25, 0.3) is 0 Å². The second kappa shape index (κ2) is 6.97. The summed E-state index contributed by atoms with van der Waals surface area (Å²) in [7, 11) is -3.54. The third-order valence-corrected chi connectivity index (χ3v) is 5.30. The average Bonchev–Trinajstić information content (AvgIpc) is 3.10. The highest BCUT2D eigenvalue weighted by atomic mass is 32.2. The maximum Gasteiger partial charge on any atom is 0.239 e. The number of anilines is 1. The van der Waals surface area contributed by atoms with E-state index in [4.69, 9.17) is 9.47 Å². The van der Waals surface area contributed by atoms with Crippen molar-refractivity contribution in [3.05, 3.63) is 54.2 Å². The van der Waals surface area contributed by atoms with Gasteiger partial charge in [-0.25, -0.2) is 13.4 Å². The highest BCUT2D eigenvalue weighted by Gasteiger charge is 2.30. The molecule has 1 aromatic heterocycles. The van der Waals surface area contributed by atoms with Gasteiger partial charge in [0, 0.05) is 12.8 Å². The predicted molar refractivity (Wildman–Crippen MR) is 86.8 cm³/mol. The molecule has 0 radical (unpaired) electrons. The number of sulfonamides is 1. The Kier molecular flexibility index (Phi) is 4.78. The first-order chi connectivity index (χ1) is 11.1. The monoisotopic (exact) mass is 334 g/mol. The van der Waals surface area contributed by atoms with Gasteiger partial charge in [0.25, 0.3) is 0 Å². The van der Waals surface area contributed by atoms with E-state index in [1.165, 1.54) is 6.20 Å². The zero-order valence-electron chi connectivity index (χ0n) is 12.5. The molecule has 7 heteroatoms. The van der Waals surface area contributed by atoms with E-state index in [-0.39, 0.29) is 12.4 Å². The SMILES string of the molecule is O=S(=O)(Nc1ncccc1OCc1ccccc1)C1CCOC1. The Morgan fingerprint density at radius 1 is 1.22 bits per heavy atom. The summed E-state index contributed by atoms with van der Waals surface area (Å²) < 4.78 is 38.1. The smallest absolute Gasteiger partial charge is 0.239 e. The molecule has 1 aliphatic heterocycles. The van der Waals surface area contributed by atoms with Crippen LogP contribution in [-0.4, -0.2) is 31.9 Å². The van der Waals surface area contributed by atoms with Crippen molar-refractivity contribution >= 4 is 15.8 Å². The van der Waals surface area contributed by atoms with Crippen LogP contribution in [0.3, 0.4) is 0 Å². The number of hydrogen-bond acceptors (Lipinski definition) is 5. The Hall–Kier alpha value is -2.12. The highest BCUT2D eigenvalue weighted by Crippen LogP contribution is 2.25. The number of nitrogens with zero attached hydrogens (tertiary/aromatic N) is 1. The van der Waals surface area contributed by atoms with Crippen LogP contribution in [0.2, 0.25) is 0 Å². The summed E-state index contributed by atoms with van der Waals surface area (Å²) in [5, 5.41) is -0.550. The van der Waals surface area contributed by atoms with Crippen LogP contribution in [0.15, 0.2) is 48.7 Å². The molecule has 2 heterocycles. The summed E-state index contributed by atoms with van der Waals surface area (Å²) in [5.41, 5.74) is 0.995. The molecule has 0 amide bonds. The molecule has 0 spiro atoms. The van der Waals surface area contributed by atoms with Gasteiger partial charge in [-0.05, 0) is 24.1 Å². The first-order valence-electron chi connectivity index (χ1n) is 7.36. The molecule has 0 bridgehead atoms. The van der Waals surface area contributed by atoms with Crippen molar-refractivity contribution in [1.29, 1.82) is 0 Å². The van der Waals surface area contributed by atoms with Gasteiger partial charge in [-0.1, -0.05) is 30.3 Å². The first kappa shape index (κ1) is 15.8. The van der Waals surface area contributed by atoms with E-state index in [9.17, 15) is 8.42 Å². The van der Waals surface area contributed by atoms with Crippen LogP contribution in [0.4, 0.5) is 5.82 Å². The van der Waals surface area contributed by atoms with Gasteiger partial charge in [0.05, 0.1) is 6.61 Å². The molecular weight excluding hydrogens is 316 g/mol. The minimum Gasteiger partial charge on any atom is -0.485 e. The molecule has 1 atom stereocenters. The standard InChI is InChI=1S/C16H18N2O4S/c19-23(20,14-8-10-21-12-14)18-16-15(7-4-9-17-16)22-11-13-5-2-1-3-6-13/h1-7,9,14H,8,10-12H2,(H,17,18). The van der Waals surface area contributed by atoms with Gasteiger partial charge in [-0.2, -0.15) is 0 Å². The molecule has 1 unspecified atom stereocenters. The maximum atomic E-state index is 12.3. The quantitative estimate of drug-likeness (QED) is 0.876. The molecule has 122 valence electrons. The second-order valence-electron chi connectivity index (χ2n) is 5.26. The van der Waals surface area contributed by atoms with Gasteiger partial charge < -0.3 is 9.47 Å². The van der Waals surface area contributed by atoms with Gasteiger partial charge in [-0.15, -0.1) is 0 Å². The summed E-state index contributed by atoms with van der Waals surface area (Å²) in [6.45, 7) is 1.02. The predicted octanol–water partition coefficient (Wildman–Crippen LogP) is 2.19. The minimum atomic E-state index is -3.54. The zero-order valence-corrected chi connectivity index (χ0v) is 13.3. The normalized spacial score (nSPS) is 17.8. The Morgan fingerprint density at radius 3 is 2.78 bits per heavy atom. The summed E-state index contributed by atoms with van der Waals surface area (Å²) >= 11 is 0. The number of nitrogens with one attached hydrogen (secondary N) is 1. The fraction of sp³-hybridized carbons (Fsp3) is 0.312. The lowest BCUT2D eigenvalue weighted by atomic mass is 10.2. The molecule has 1 aromatic carbocycles. The van der Waals surface area contributed by atoms with Gasteiger partial charge in [0.1, 0.15) is 11.9 Å². The van der Waals surface area contributed by atoms with Crippen molar-refractivity contribution in [2.75, 3.05) is 17.9 Å². The van der Waals surface area contributed by atoms with Gasteiger partial charge >= 0.3 is 0 Å². The van der Waals surface area contributed by atoms with Crippen LogP contribution in [0, 0.1) is 0 Å². The first-order valence-corrected chi connectivity index (χ1v) is 8.91. The van der Waals surface area contributed by atoms with Crippen molar-refractivity contribution < 1.29 is 17.9 Å². The summed E-state index contributed by atoms with van der Waals surface area (Å²) in [5.74, 6) is 0.606. The number of ether oxygens (including phenoxy) is 2. The molecule has 6 nitrogen and oxygen atoms in total. The molecule has 0 aliphatic carbocycles. The van der Waals surface area contributed by atoms with Crippen LogP contribution in [0.1, 0.15) is 12.0 Å². The van der Waals surface area contributed by atoms with E-state index in [2.05, 4.69) is 9.71 Å². The molecule has 1 fully saturated rings. The van der Waals surface area contributed by atoms with Crippen molar-refractivity contribution in [2.45, 2.75) is 18.3 Å². The zero-order chi connectivity index (χ0) is 16.1. The molecule has 1 aliphatic rings. The maximum absolute atomic E-state index is 12.3. The number of hydrogen-bond donors (Lipinski definition) is 1. The molecule has 3 rings (SSSR count). The van der Waals surface area contributed by atoms with Crippen molar-refractivity contribution in [3.8, 4) is 5.75 Å². The topological polar surface area (TPSA) is 77.5 Å². The lowest BCUT2D eigenvalue weighted by Crippen LogP contribution is -2.28. The number of benzene rings is 1. The number of pyridine rings is 1. The Bertz CT molecular complexity index is 744. The van der Waals surface area contributed by atoms with Crippen LogP contribution >= 0.6 is 0 Å².